The topological polar surface area (TPSA) is 112 Å². The minimum absolute atomic E-state index is 0.289. The fraction of sp³-hybridized carbons (Fsp3) is 0.200. The Labute approximate surface area is 175 Å². The quantitative estimate of drug-likeness (QED) is 0.484. The maximum atomic E-state index is 14.9. The predicted molar refractivity (Wildman–Crippen MR) is 105 cm³/mol. The lowest BCUT2D eigenvalue weighted by atomic mass is 10.1. The number of aryl methyl sites for hydroxylation is 1. The van der Waals surface area contributed by atoms with Crippen LogP contribution in [0.5, 0.6) is 0 Å². The summed E-state index contributed by atoms with van der Waals surface area (Å²) in [5, 5.41) is 15.3. The van der Waals surface area contributed by atoms with Crippen LogP contribution in [0, 0.1) is 12.7 Å². The van der Waals surface area contributed by atoms with Gasteiger partial charge in [0.15, 0.2) is 0 Å². The van der Waals surface area contributed by atoms with Crippen LogP contribution < -0.4 is 4.90 Å². The van der Waals surface area contributed by atoms with E-state index in [2.05, 4.69) is 25.5 Å². The number of carbonyl (C=O) groups is 1. The molecule has 11 heteroatoms. The average molecular weight is 421 g/mol. The Kier molecular flexibility index (Phi) is 4.62. The number of ether oxygens (including phenoxy) is 1. The van der Waals surface area contributed by atoms with E-state index >= 15 is 0 Å². The van der Waals surface area contributed by atoms with E-state index in [1.165, 1.54) is 17.2 Å². The maximum absolute atomic E-state index is 14.9. The predicted octanol–water partition coefficient (Wildman–Crippen LogP) is 2.86. The van der Waals surface area contributed by atoms with Crippen LogP contribution in [0.2, 0.25) is 0 Å². The van der Waals surface area contributed by atoms with Gasteiger partial charge in [0.1, 0.15) is 17.6 Å². The van der Waals surface area contributed by atoms with Crippen molar-refractivity contribution in [3.63, 3.8) is 0 Å². The molecule has 1 aromatic carbocycles. The molecule has 0 radical (unpaired) electrons. The third kappa shape index (κ3) is 3.72. The van der Waals surface area contributed by atoms with Gasteiger partial charge in [0.25, 0.3) is 5.89 Å². The first-order chi connectivity index (χ1) is 15.1. The van der Waals surface area contributed by atoms with Gasteiger partial charge < -0.3 is 9.15 Å². The molecule has 1 atom stereocenters. The third-order valence-corrected chi connectivity index (χ3v) is 4.82. The summed E-state index contributed by atoms with van der Waals surface area (Å²) in [6, 6.07) is 7.99. The van der Waals surface area contributed by atoms with Crippen molar-refractivity contribution in [2.24, 2.45) is 0 Å². The van der Waals surface area contributed by atoms with E-state index in [4.69, 9.17) is 9.15 Å². The van der Waals surface area contributed by atoms with Gasteiger partial charge in [0, 0.05) is 30.4 Å². The molecule has 156 valence electrons. The molecule has 1 fully saturated rings. The lowest BCUT2D eigenvalue weighted by Gasteiger charge is -2.14. The molecule has 4 aromatic rings. The zero-order chi connectivity index (χ0) is 21.4. The number of amides is 1. The first-order valence-corrected chi connectivity index (χ1v) is 9.45. The molecule has 4 heterocycles. The Hall–Kier alpha value is -4.15. The fourth-order valence-electron chi connectivity index (χ4n) is 3.35. The van der Waals surface area contributed by atoms with Gasteiger partial charge in [-0.05, 0) is 24.3 Å². The second-order valence-corrected chi connectivity index (χ2v) is 6.96. The molecule has 31 heavy (non-hydrogen) atoms. The molecule has 0 saturated carbocycles. The highest BCUT2D eigenvalue weighted by molar-refractivity contribution is 5.90. The number of benzene rings is 1. The second kappa shape index (κ2) is 7.59. The van der Waals surface area contributed by atoms with Crippen molar-refractivity contribution < 1.29 is 18.3 Å². The number of rotatable bonds is 5. The minimum Gasteiger partial charge on any atom is -0.442 e. The summed E-state index contributed by atoms with van der Waals surface area (Å²) < 4.78 is 27.2. The van der Waals surface area contributed by atoms with E-state index < -0.39 is 18.0 Å². The highest BCUT2D eigenvalue weighted by Gasteiger charge is 2.33. The smallest absolute Gasteiger partial charge is 0.414 e. The van der Waals surface area contributed by atoms with Gasteiger partial charge in [-0.3, -0.25) is 9.88 Å². The van der Waals surface area contributed by atoms with Gasteiger partial charge in [-0.25, -0.2) is 13.9 Å². The molecular weight excluding hydrogens is 405 g/mol. The summed E-state index contributed by atoms with van der Waals surface area (Å²) in [4.78, 5) is 17.9. The lowest BCUT2D eigenvalue weighted by molar-refractivity contribution is 0.129. The van der Waals surface area contributed by atoms with Gasteiger partial charge in [0.2, 0.25) is 5.89 Å². The minimum atomic E-state index is -0.530. The average Bonchev–Trinajstić information content (AvgIpc) is 3.51. The molecule has 1 amide bonds. The van der Waals surface area contributed by atoms with E-state index in [1.54, 1.807) is 48.3 Å². The molecule has 0 bridgehead atoms. The first-order valence-electron chi connectivity index (χ1n) is 9.45. The molecule has 3 aromatic heterocycles. The number of nitrogens with zero attached hydrogens (tertiary/aromatic N) is 7. The zero-order valence-corrected chi connectivity index (χ0v) is 16.3. The Balaban J connectivity index is 1.33. The Bertz CT molecular complexity index is 1220. The number of hydrogen-bond donors (Lipinski definition) is 0. The van der Waals surface area contributed by atoms with E-state index in [9.17, 15) is 9.18 Å². The number of carbonyl (C=O) groups excluding carboxylic acids is 1. The molecule has 0 spiro atoms. The van der Waals surface area contributed by atoms with E-state index in [0.29, 0.717) is 40.8 Å². The highest BCUT2D eigenvalue weighted by atomic mass is 19.1. The number of halogens is 1. The summed E-state index contributed by atoms with van der Waals surface area (Å²) in [5.74, 6) is 0.257. The van der Waals surface area contributed by atoms with E-state index in [0.717, 1.165) is 0 Å². The van der Waals surface area contributed by atoms with Crippen LogP contribution in [0.4, 0.5) is 14.9 Å². The van der Waals surface area contributed by atoms with Crippen molar-refractivity contribution in [1.82, 2.24) is 30.2 Å². The Morgan fingerprint density at radius 1 is 1.23 bits per heavy atom. The van der Waals surface area contributed by atoms with Gasteiger partial charge in [0.05, 0.1) is 25.0 Å². The second-order valence-electron chi connectivity index (χ2n) is 6.96. The van der Waals surface area contributed by atoms with Crippen LogP contribution in [0.25, 0.3) is 22.7 Å². The summed E-state index contributed by atoms with van der Waals surface area (Å²) in [6.45, 7) is 2.35. The van der Waals surface area contributed by atoms with Gasteiger partial charge in [-0.1, -0.05) is 11.3 Å². The SMILES string of the molecule is Cc1nnc(-c2ccc(-c3ccc(N4C[C@H](Cn5ccnn5)OC4=O)cc3F)cn2)o1. The monoisotopic (exact) mass is 421 g/mol. The Morgan fingerprint density at radius 3 is 2.81 bits per heavy atom. The molecule has 5 rings (SSSR count). The summed E-state index contributed by atoms with van der Waals surface area (Å²) >= 11 is 0. The molecule has 1 saturated heterocycles. The van der Waals surface area contributed by atoms with Crippen LogP contribution in [-0.4, -0.2) is 48.9 Å². The largest absolute Gasteiger partial charge is 0.442 e. The molecule has 0 aliphatic carbocycles. The van der Waals surface area contributed by atoms with Crippen molar-refractivity contribution in [1.29, 1.82) is 0 Å². The molecule has 1 aliphatic rings. The third-order valence-electron chi connectivity index (χ3n) is 4.82. The van der Waals surface area contributed by atoms with Crippen molar-refractivity contribution in [2.75, 3.05) is 11.4 Å². The van der Waals surface area contributed by atoms with Gasteiger partial charge in [-0.15, -0.1) is 15.3 Å². The van der Waals surface area contributed by atoms with Crippen molar-refractivity contribution >= 4 is 11.8 Å². The normalized spacial score (nSPS) is 16.0. The van der Waals surface area contributed by atoms with Gasteiger partial charge >= 0.3 is 6.09 Å². The van der Waals surface area contributed by atoms with Crippen molar-refractivity contribution in [3.05, 3.63) is 60.6 Å². The lowest BCUT2D eigenvalue weighted by Crippen LogP contribution is -2.26. The van der Waals surface area contributed by atoms with Gasteiger partial charge in [-0.2, -0.15) is 0 Å². The van der Waals surface area contributed by atoms with E-state index in [1.807, 2.05) is 0 Å². The van der Waals surface area contributed by atoms with E-state index in [-0.39, 0.29) is 6.54 Å². The number of cyclic esters (lactones) is 1. The van der Waals surface area contributed by atoms with Crippen LogP contribution in [0.3, 0.4) is 0 Å². The molecule has 0 N–H and O–H groups in total. The number of hydrogen-bond acceptors (Lipinski definition) is 8. The maximum Gasteiger partial charge on any atom is 0.414 e. The van der Waals surface area contributed by atoms with Crippen molar-refractivity contribution in [2.45, 2.75) is 19.6 Å². The first kappa shape index (κ1) is 18.9. The van der Waals surface area contributed by atoms with Crippen LogP contribution in [0.15, 0.2) is 53.3 Å². The molecule has 10 nitrogen and oxygen atoms in total. The number of anilines is 1. The summed E-state index contributed by atoms with van der Waals surface area (Å²) in [6.07, 6.45) is 3.84. The molecule has 0 unspecified atom stereocenters. The fourth-order valence-corrected chi connectivity index (χ4v) is 3.35. The highest BCUT2D eigenvalue weighted by Crippen LogP contribution is 2.30. The summed E-state index contributed by atoms with van der Waals surface area (Å²) in [5.41, 5.74) is 1.85. The number of aromatic nitrogens is 6. The van der Waals surface area contributed by atoms with Crippen molar-refractivity contribution in [3.8, 4) is 22.7 Å². The molecular formula is C20H16FN7O3. The van der Waals surface area contributed by atoms with Crippen LogP contribution in [-0.2, 0) is 11.3 Å². The van der Waals surface area contributed by atoms with Crippen LogP contribution in [0.1, 0.15) is 5.89 Å². The molecule has 1 aliphatic heterocycles. The standard InChI is InChI=1S/C20H16FN7O3/c1-12-24-25-19(30-12)18-5-2-13(9-22-18)16-4-3-14(8-17(16)21)28-11-15(31-20(28)29)10-27-7-6-23-26-27/h2-9,15H,10-11H2,1H3/t15-/m0/s1. The zero-order valence-electron chi connectivity index (χ0n) is 16.3. The number of pyridine rings is 1. The van der Waals surface area contributed by atoms with Crippen LogP contribution >= 0.6 is 0 Å². The summed E-state index contributed by atoms with van der Waals surface area (Å²) in [7, 11) is 0. The Morgan fingerprint density at radius 2 is 2.13 bits per heavy atom.